The molecule has 0 unspecified atom stereocenters. The molecule has 0 saturated carbocycles. The van der Waals surface area contributed by atoms with Crippen LogP contribution in [0, 0.1) is 0 Å². The zero-order chi connectivity index (χ0) is 19.7. The molecular formula is C24H39NO2. The van der Waals surface area contributed by atoms with Gasteiger partial charge in [0.05, 0.1) is 12.1 Å². The topological polar surface area (TPSA) is 49.3 Å². The van der Waals surface area contributed by atoms with Gasteiger partial charge in [0.1, 0.15) is 0 Å². The van der Waals surface area contributed by atoms with E-state index in [2.05, 4.69) is 12.2 Å². The number of rotatable bonds is 15. The number of allylic oxidation sites excluding steroid dienone is 1. The summed E-state index contributed by atoms with van der Waals surface area (Å²) >= 11 is 0. The number of amides is 1. The van der Waals surface area contributed by atoms with E-state index in [1.807, 2.05) is 37.3 Å². The lowest BCUT2D eigenvalue weighted by atomic mass is 10.1. The molecule has 0 bridgehead atoms. The van der Waals surface area contributed by atoms with Crippen molar-refractivity contribution in [3.05, 3.63) is 48.0 Å². The van der Waals surface area contributed by atoms with Crippen LogP contribution in [0.3, 0.4) is 0 Å². The molecule has 0 spiro atoms. The largest absolute Gasteiger partial charge is 0.387 e. The molecule has 0 aromatic heterocycles. The average Bonchev–Trinajstić information content (AvgIpc) is 2.69. The Balaban J connectivity index is 2.05. The lowest BCUT2D eigenvalue weighted by molar-refractivity contribution is 0.0895. The van der Waals surface area contributed by atoms with Gasteiger partial charge in [-0.15, -0.1) is 0 Å². The second-order valence-electron chi connectivity index (χ2n) is 7.52. The van der Waals surface area contributed by atoms with Crippen molar-refractivity contribution < 1.29 is 9.90 Å². The van der Waals surface area contributed by atoms with Gasteiger partial charge in [-0.3, -0.25) is 4.79 Å². The first-order chi connectivity index (χ1) is 13.1. The minimum absolute atomic E-state index is 0.148. The number of hydrogen-bond donors (Lipinski definition) is 2. The van der Waals surface area contributed by atoms with Crippen molar-refractivity contribution >= 4 is 5.91 Å². The summed E-state index contributed by atoms with van der Waals surface area (Å²) < 4.78 is 0. The maximum atomic E-state index is 12.1. The molecule has 152 valence electrons. The normalized spacial score (nSPS) is 13.6. The molecule has 0 heterocycles. The van der Waals surface area contributed by atoms with Crippen LogP contribution in [-0.4, -0.2) is 23.2 Å². The highest BCUT2D eigenvalue weighted by atomic mass is 16.3. The van der Waals surface area contributed by atoms with Gasteiger partial charge in [-0.05, 0) is 31.9 Å². The Kier molecular flexibility index (Phi) is 13.4. The molecule has 3 heteroatoms. The lowest BCUT2D eigenvalue weighted by Gasteiger charge is -2.17. The maximum Gasteiger partial charge on any atom is 0.251 e. The third-order valence-corrected chi connectivity index (χ3v) is 4.96. The standard InChI is InChI=1S/C24H39NO2/c1-3-4-5-6-7-8-9-10-11-12-13-17-20-23(26)21(2)25-24(27)22-18-15-14-16-19-22/h14-21,23,26H,3-13H2,1-2H3,(H,25,27)/b20-17+/t21-,23-/m1/s1. The van der Waals surface area contributed by atoms with E-state index < -0.39 is 6.10 Å². The van der Waals surface area contributed by atoms with Crippen molar-refractivity contribution in [2.24, 2.45) is 0 Å². The Morgan fingerprint density at radius 2 is 1.52 bits per heavy atom. The third kappa shape index (κ3) is 11.7. The van der Waals surface area contributed by atoms with Crippen LogP contribution in [0.25, 0.3) is 0 Å². The highest BCUT2D eigenvalue weighted by molar-refractivity contribution is 5.94. The molecule has 1 aromatic carbocycles. The number of carbonyl (C=O) groups excluding carboxylic acids is 1. The Hall–Kier alpha value is -1.61. The third-order valence-electron chi connectivity index (χ3n) is 4.96. The predicted molar refractivity (Wildman–Crippen MR) is 115 cm³/mol. The van der Waals surface area contributed by atoms with Crippen LogP contribution in [-0.2, 0) is 0 Å². The quantitative estimate of drug-likeness (QED) is 0.291. The van der Waals surface area contributed by atoms with E-state index in [-0.39, 0.29) is 11.9 Å². The molecule has 3 nitrogen and oxygen atoms in total. The highest BCUT2D eigenvalue weighted by Gasteiger charge is 2.14. The van der Waals surface area contributed by atoms with E-state index in [1.54, 1.807) is 12.1 Å². The number of hydrogen-bond acceptors (Lipinski definition) is 2. The maximum absolute atomic E-state index is 12.1. The summed E-state index contributed by atoms with van der Waals surface area (Å²) in [6.45, 7) is 4.09. The smallest absolute Gasteiger partial charge is 0.251 e. The fourth-order valence-corrected chi connectivity index (χ4v) is 3.12. The van der Waals surface area contributed by atoms with E-state index in [0.717, 1.165) is 6.42 Å². The fourth-order valence-electron chi connectivity index (χ4n) is 3.12. The van der Waals surface area contributed by atoms with Crippen LogP contribution in [0.1, 0.15) is 94.8 Å². The molecule has 0 aliphatic carbocycles. The Bertz CT molecular complexity index is 512. The highest BCUT2D eigenvalue weighted by Crippen LogP contribution is 2.11. The van der Waals surface area contributed by atoms with E-state index >= 15 is 0 Å². The molecule has 0 aliphatic heterocycles. The molecular weight excluding hydrogens is 334 g/mol. The van der Waals surface area contributed by atoms with Gasteiger partial charge in [-0.25, -0.2) is 0 Å². The molecule has 1 aromatic rings. The second-order valence-corrected chi connectivity index (χ2v) is 7.52. The molecule has 0 saturated heterocycles. The average molecular weight is 374 g/mol. The SMILES string of the molecule is CCCCCCCCCCCC/C=C/[C@@H](O)[C@@H](C)NC(=O)c1ccccc1. The number of unbranched alkanes of at least 4 members (excludes halogenated alkanes) is 10. The molecule has 2 N–H and O–H groups in total. The van der Waals surface area contributed by atoms with Crippen LogP contribution in [0.5, 0.6) is 0 Å². The van der Waals surface area contributed by atoms with Gasteiger partial charge in [-0.2, -0.15) is 0 Å². The lowest BCUT2D eigenvalue weighted by Crippen LogP contribution is -2.40. The molecule has 2 atom stereocenters. The van der Waals surface area contributed by atoms with Gasteiger partial charge < -0.3 is 10.4 Å². The first-order valence-electron chi connectivity index (χ1n) is 10.9. The first-order valence-corrected chi connectivity index (χ1v) is 10.9. The molecule has 0 radical (unpaired) electrons. The fraction of sp³-hybridized carbons (Fsp3) is 0.625. The first kappa shape index (κ1) is 23.4. The minimum Gasteiger partial charge on any atom is -0.387 e. The van der Waals surface area contributed by atoms with E-state index in [4.69, 9.17) is 0 Å². The number of carbonyl (C=O) groups is 1. The number of nitrogens with one attached hydrogen (secondary N) is 1. The summed E-state index contributed by atoms with van der Waals surface area (Å²) in [6, 6.07) is 8.79. The second kappa shape index (κ2) is 15.4. The molecule has 1 rings (SSSR count). The van der Waals surface area contributed by atoms with Gasteiger partial charge >= 0.3 is 0 Å². The van der Waals surface area contributed by atoms with Crippen LogP contribution in [0.4, 0.5) is 0 Å². The molecule has 27 heavy (non-hydrogen) atoms. The summed E-state index contributed by atoms with van der Waals surface area (Å²) in [5, 5.41) is 13.0. The molecule has 1 amide bonds. The van der Waals surface area contributed by atoms with Crippen molar-refractivity contribution in [1.82, 2.24) is 5.32 Å². The Labute approximate surface area is 166 Å². The Morgan fingerprint density at radius 3 is 2.11 bits per heavy atom. The zero-order valence-corrected chi connectivity index (χ0v) is 17.3. The van der Waals surface area contributed by atoms with Gasteiger partial charge in [0.25, 0.3) is 5.91 Å². The number of aliphatic hydroxyl groups excluding tert-OH is 1. The van der Waals surface area contributed by atoms with Crippen molar-refractivity contribution in [2.45, 2.75) is 96.6 Å². The summed E-state index contributed by atoms with van der Waals surface area (Å²) in [6.07, 6.45) is 17.5. The number of aliphatic hydroxyl groups is 1. The van der Waals surface area contributed by atoms with Crippen LogP contribution in [0.15, 0.2) is 42.5 Å². The summed E-state index contributed by atoms with van der Waals surface area (Å²) in [7, 11) is 0. The Morgan fingerprint density at radius 1 is 0.963 bits per heavy atom. The van der Waals surface area contributed by atoms with Crippen LogP contribution in [0.2, 0.25) is 0 Å². The minimum atomic E-state index is -0.652. The van der Waals surface area contributed by atoms with Crippen molar-refractivity contribution in [3.63, 3.8) is 0 Å². The van der Waals surface area contributed by atoms with Gasteiger partial charge in [0, 0.05) is 5.56 Å². The summed E-state index contributed by atoms with van der Waals surface area (Å²) in [5.74, 6) is -0.148. The van der Waals surface area contributed by atoms with Gasteiger partial charge in [0.15, 0.2) is 0 Å². The summed E-state index contributed by atoms with van der Waals surface area (Å²) in [5.41, 5.74) is 0.617. The van der Waals surface area contributed by atoms with E-state index in [9.17, 15) is 9.90 Å². The number of benzene rings is 1. The zero-order valence-electron chi connectivity index (χ0n) is 17.3. The summed E-state index contributed by atoms with van der Waals surface area (Å²) in [4.78, 5) is 12.1. The van der Waals surface area contributed by atoms with Crippen LogP contribution < -0.4 is 5.32 Å². The van der Waals surface area contributed by atoms with Gasteiger partial charge in [-0.1, -0.05) is 95.1 Å². The van der Waals surface area contributed by atoms with Crippen molar-refractivity contribution in [2.75, 3.05) is 0 Å². The van der Waals surface area contributed by atoms with Gasteiger partial charge in [0.2, 0.25) is 0 Å². The molecule has 0 fully saturated rings. The van der Waals surface area contributed by atoms with Crippen molar-refractivity contribution in [1.29, 1.82) is 0 Å². The van der Waals surface area contributed by atoms with Crippen LogP contribution >= 0.6 is 0 Å². The van der Waals surface area contributed by atoms with Crippen molar-refractivity contribution in [3.8, 4) is 0 Å². The predicted octanol–water partition coefficient (Wildman–Crippen LogP) is 6.03. The monoisotopic (exact) mass is 373 g/mol. The molecule has 0 aliphatic rings. The van der Waals surface area contributed by atoms with E-state index in [1.165, 1.54) is 64.2 Å². The van der Waals surface area contributed by atoms with E-state index in [0.29, 0.717) is 5.56 Å².